The van der Waals surface area contributed by atoms with Crippen molar-refractivity contribution in [1.29, 1.82) is 0 Å². The summed E-state index contributed by atoms with van der Waals surface area (Å²) in [5.74, 6) is 0.118. The molecule has 0 spiro atoms. The molecule has 0 atom stereocenters. The molecule has 1 aliphatic rings. The lowest BCUT2D eigenvalue weighted by Crippen LogP contribution is -1.99. The van der Waals surface area contributed by atoms with Gasteiger partial charge in [-0.1, -0.05) is 42.5 Å². The van der Waals surface area contributed by atoms with Gasteiger partial charge in [0.2, 0.25) is 5.78 Å². The Balaban J connectivity index is 1.82. The second-order valence-corrected chi connectivity index (χ2v) is 5.96. The van der Waals surface area contributed by atoms with Gasteiger partial charge in [-0.2, -0.15) is 0 Å². The van der Waals surface area contributed by atoms with E-state index in [0.29, 0.717) is 0 Å². The molecule has 1 nitrogen and oxygen atoms in total. The first-order valence-electron chi connectivity index (χ1n) is 6.62. The van der Waals surface area contributed by atoms with E-state index in [2.05, 4.69) is 30.3 Å². The van der Waals surface area contributed by atoms with Crippen molar-refractivity contribution in [3.8, 4) is 11.1 Å². The van der Waals surface area contributed by atoms with Crippen molar-refractivity contribution >= 4 is 17.1 Å². The Morgan fingerprint density at radius 3 is 2.60 bits per heavy atom. The minimum absolute atomic E-state index is 0.118. The summed E-state index contributed by atoms with van der Waals surface area (Å²) in [7, 11) is 0. The third-order valence-corrected chi connectivity index (χ3v) is 4.67. The first-order chi connectivity index (χ1) is 9.83. The smallest absolute Gasteiger partial charge is 0.202 e. The fraction of sp³-hybridized carbons (Fsp3) is 0.0556. The molecular weight excluding hydrogens is 264 g/mol. The Morgan fingerprint density at radius 1 is 0.900 bits per heavy atom. The van der Waals surface area contributed by atoms with E-state index in [-0.39, 0.29) is 5.78 Å². The van der Waals surface area contributed by atoms with Crippen molar-refractivity contribution in [3.63, 3.8) is 0 Å². The molecule has 1 aliphatic carbocycles. The lowest BCUT2D eigenvalue weighted by molar-refractivity contribution is 0.104. The third-order valence-electron chi connectivity index (χ3n) is 3.81. The fourth-order valence-electron chi connectivity index (χ4n) is 2.81. The molecule has 0 unspecified atom stereocenters. The number of rotatable bonds is 2. The Morgan fingerprint density at radius 2 is 1.75 bits per heavy atom. The normalized spacial score (nSPS) is 12.0. The summed E-state index contributed by atoms with van der Waals surface area (Å²) in [6.07, 6.45) is 0.971. The SMILES string of the molecule is O=C(c1ccc2c(c1)-c1ccccc1C2)c1cccs1. The van der Waals surface area contributed by atoms with Crippen LogP contribution in [0, 0.1) is 0 Å². The highest BCUT2D eigenvalue weighted by atomic mass is 32.1. The van der Waals surface area contributed by atoms with E-state index in [4.69, 9.17) is 0 Å². The zero-order valence-electron chi connectivity index (χ0n) is 10.8. The highest BCUT2D eigenvalue weighted by Crippen LogP contribution is 2.37. The van der Waals surface area contributed by atoms with Crippen molar-refractivity contribution in [2.75, 3.05) is 0 Å². The number of hydrogen-bond acceptors (Lipinski definition) is 2. The number of hydrogen-bond donors (Lipinski definition) is 0. The number of carbonyl (C=O) groups excluding carboxylic acids is 1. The Bertz CT molecular complexity index is 800. The molecule has 0 radical (unpaired) electrons. The summed E-state index contributed by atoms with van der Waals surface area (Å²) < 4.78 is 0. The standard InChI is InChI=1S/C18H12OS/c19-18(17-6-3-9-20-17)14-8-7-13-10-12-4-1-2-5-15(12)16(13)11-14/h1-9,11H,10H2. The molecule has 20 heavy (non-hydrogen) atoms. The quantitative estimate of drug-likeness (QED) is 0.491. The summed E-state index contributed by atoms with van der Waals surface area (Å²) in [5, 5.41) is 1.94. The summed E-state index contributed by atoms with van der Waals surface area (Å²) in [5.41, 5.74) is 5.92. The topological polar surface area (TPSA) is 17.1 Å². The highest BCUT2D eigenvalue weighted by Gasteiger charge is 2.20. The second-order valence-electron chi connectivity index (χ2n) is 5.01. The number of ketones is 1. The molecule has 4 rings (SSSR count). The van der Waals surface area contributed by atoms with Crippen LogP contribution in [-0.2, 0) is 6.42 Å². The van der Waals surface area contributed by atoms with Crippen LogP contribution in [0.15, 0.2) is 60.0 Å². The molecule has 3 aromatic rings. The van der Waals surface area contributed by atoms with Crippen LogP contribution < -0.4 is 0 Å². The Kier molecular flexibility index (Phi) is 2.57. The van der Waals surface area contributed by atoms with Gasteiger partial charge in [-0.25, -0.2) is 0 Å². The predicted molar refractivity (Wildman–Crippen MR) is 82.4 cm³/mol. The first-order valence-corrected chi connectivity index (χ1v) is 7.50. The minimum Gasteiger partial charge on any atom is -0.288 e. The summed E-state index contributed by atoms with van der Waals surface area (Å²) in [6, 6.07) is 18.3. The van der Waals surface area contributed by atoms with E-state index in [0.717, 1.165) is 16.9 Å². The maximum Gasteiger partial charge on any atom is 0.202 e. The summed E-state index contributed by atoms with van der Waals surface area (Å²) in [6.45, 7) is 0. The average Bonchev–Trinajstić information content (AvgIpc) is 3.13. The van der Waals surface area contributed by atoms with E-state index in [9.17, 15) is 4.79 Å². The maximum atomic E-state index is 12.4. The van der Waals surface area contributed by atoms with Crippen LogP contribution in [-0.4, -0.2) is 5.78 Å². The van der Waals surface area contributed by atoms with Crippen LogP contribution in [0.25, 0.3) is 11.1 Å². The molecule has 1 heterocycles. The van der Waals surface area contributed by atoms with Crippen molar-refractivity contribution in [2.45, 2.75) is 6.42 Å². The molecular formula is C18H12OS. The predicted octanol–water partition coefficient (Wildman–Crippen LogP) is 4.55. The van der Waals surface area contributed by atoms with Crippen LogP contribution in [0.4, 0.5) is 0 Å². The van der Waals surface area contributed by atoms with Crippen molar-refractivity contribution in [3.05, 3.63) is 81.5 Å². The van der Waals surface area contributed by atoms with Crippen LogP contribution in [0.2, 0.25) is 0 Å². The summed E-state index contributed by atoms with van der Waals surface area (Å²) in [4.78, 5) is 13.2. The Labute approximate surface area is 121 Å². The van der Waals surface area contributed by atoms with Gasteiger partial charge in [-0.15, -0.1) is 11.3 Å². The number of carbonyl (C=O) groups is 1. The van der Waals surface area contributed by atoms with Gasteiger partial charge in [-0.3, -0.25) is 4.79 Å². The largest absolute Gasteiger partial charge is 0.288 e. The molecule has 0 aliphatic heterocycles. The monoisotopic (exact) mass is 276 g/mol. The third kappa shape index (κ3) is 1.73. The van der Waals surface area contributed by atoms with Gasteiger partial charge in [-0.05, 0) is 46.2 Å². The van der Waals surface area contributed by atoms with E-state index < -0.39 is 0 Å². The van der Waals surface area contributed by atoms with Gasteiger partial charge in [0.15, 0.2) is 0 Å². The lowest BCUT2D eigenvalue weighted by atomic mass is 10.0. The number of fused-ring (bicyclic) bond motifs is 3. The Hall–Kier alpha value is -2.19. The molecule has 0 saturated carbocycles. The van der Waals surface area contributed by atoms with Crippen LogP contribution in [0.3, 0.4) is 0 Å². The summed E-state index contributed by atoms with van der Waals surface area (Å²) >= 11 is 1.50. The highest BCUT2D eigenvalue weighted by molar-refractivity contribution is 7.12. The lowest BCUT2D eigenvalue weighted by Gasteiger charge is -2.04. The molecule has 0 amide bonds. The van der Waals surface area contributed by atoms with Gasteiger partial charge >= 0.3 is 0 Å². The van der Waals surface area contributed by atoms with Crippen LogP contribution >= 0.6 is 11.3 Å². The number of benzene rings is 2. The van der Waals surface area contributed by atoms with E-state index in [1.54, 1.807) is 0 Å². The zero-order valence-corrected chi connectivity index (χ0v) is 11.6. The van der Waals surface area contributed by atoms with Gasteiger partial charge in [0.1, 0.15) is 0 Å². The van der Waals surface area contributed by atoms with Crippen LogP contribution in [0.5, 0.6) is 0 Å². The minimum atomic E-state index is 0.118. The van der Waals surface area contributed by atoms with E-state index in [1.807, 2.05) is 29.6 Å². The van der Waals surface area contributed by atoms with Gasteiger partial charge in [0.05, 0.1) is 4.88 Å². The van der Waals surface area contributed by atoms with Crippen molar-refractivity contribution in [1.82, 2.24) is 0 Å². The average molecular weight is 276 g/mol. The van der Waals surface area contributed by atoms with E-state index >= 15 is 0 Å². The molecule has 0 fully saturated rings. The first kappa shape index (κ1) is 11.6. The molecule has 96 valence electrons. The molecule has 0 N–H and O–H groups in total. The molecule has 2 heteroatoms. The maximum absolute atomic E-state index is 12.4. The second kappa shape index (κ2) is 4.43. The number of thiophene rings is 1. The van der Waals surface area contributed by atoms with Gasteiger partial charge in [0.25, 0.3) is 0 Å². The van der Waals surface area contributed by atoms with Crippen molar-refractivity contribution < 1.29 is 4.79 Å². The van der Waals surface area contributed by atoms with E-state index in [1.165, 1.54) is 33.6 Å². The van der Waals surface area contributed by atoms with Gasteiger partial charge in [0, 0.05) is 5.56 Å². The molecule has 0 bridgehead atoms. The fourth-order valence-corrected chi connectivity index (χ4v) is 3.50. The van der Waals surface area contributed by atoms with Crippen LogP contribution in [0.1, 0.15) is 26.4 Å². The van der Waals surface area contributed by atoms with Crippen molar-refractivity contribution in [2.24, 2.45) is 0 Å². The molecule has 1 aromatic heterocycles. The molecule has 2 aromatic carbocycles. The van der Waals surface area contributed by atoms with Gasteiger partial charge < -0.3 is 0 Å². The molecule has 0 saturated heterocycles. The zero-order chi connectivity index (χ0) is 13.5.